The maximum atomic E-state index is 13.9. The van der Waals surface area contributed by atoms with Crippen molar-refractivity contribution in [2.24, 2.45) is 5.92 Å². The van der Waals surface area contributed by atoms with Gasteiger partial charge in [-0.25, -0.2) is 8.42 Å². The third kappa shape index (κ3) is 6.23. The van der Waals surface area contributed by atoms with Gasteiger partial charge >= 0.3 is 0 Å². The molecule has 39 heavy (non-hydrogen) atoms. The fraction of sp³-hybridized carbons (Fsp3) is 0.500. The van der Waals surface area contributed by atoms with E-state index in [4.69, 9.17) is 37.4 Å². The maximum absolute atomic E-state index is 13.9. The summed E-state index contributed by atoms with van der Waals surface area (Å²) in [6.45, 7) is -0.272. The molecule has 0 aliphatic carbocycles. The van der Waals surface area contributed by atoms with Gasteiger partial charge in [0.2, 0.25) is 15.9 Å². The molecular formula is C26H32Cl2N2O8S. The van der Waals surface area contributed by atoms with Gasteiger partial charge in [0.1, 0.15) is 18.4 Å². The largest absolute Gasteiger partial charge is 0.493 e. The number of carbonyl (C=O) groups is 1. The van der Waals surface area contributed by atoms with E-state index in [2.05, 4.69) is 0 Å². The van der Waals surface area contributed by atoms with Crippen LogP contribution in [0.1, 0.15) is 19.3 Å². The van der Waals surface area contributed by atoms with Gasteiger partial charge in [0.15, 0.2) is 11.5 Å². The summed E-state index contributed by atoms with van der Waals surface area (Å²) in [6.07, 6.45) is 0.0931. The van der Waals surface area contributed by atoms with Crippen LogP contribution >= 0.6 is 23.2 Å². The zero-order valence-corrected chi connectivity index (χ0v) is 24.0. The standard InChI is InChI=1S/C26H32Cl2N2O8S/c1-36-24-7-6-18(13-25(24)37-2)38-9-8-29-14-20(23(32)15-31)21-4-3-5-22(26(29)33)30(21)39(34,35)19-11-16(27)10-17(28)12-19/h6-7,10-13,20-23,31-32H,3-5,8-9,14-15H2,1-2H3/t20-,21+,22-,23+/m0/s1. The van der Waals surface area contributed by atoms with Crippen LogP contribution in [0.2, 0.25) is 10.0 Å². The van der Waals surface area contributed by atoms with E-state index in [-0.39, 0.29) is 40.5 Å². The number of ether oxygens (including phenoxy) is 3. The molecule has 2 aromatic carbocycles. The molecule has 4 rings (SSSR count). The molecule has 10 nitrogen and oxygen atoms in total. The van der Waals surface area contributed by atoms with E-state index in [9.17, 15) is 23.4 Å². The van der Waals surface area contributed by atoms with Gasteiger partial charge in [-0.2, -0.15) is 4.31 Å². The first kappa shape index (κ1) is 29.7. The number of nitrogens with zero attached hydrogens (tertiary/aromatic N) is 2. The van der Waals surface area contributed by atoms with Crippen LogP contribution in [0.15, 0.2) is 41.3 Å². The minimum absolute atomic E-state index is 0.0549. The molecule has 2 heterocycles. The van der Waals surface area contributed by atoms with Gasteiger partial charge in [0, 0.05) is 34.6 Å². The topological polar surface area (TPSA) is 126 Å². The number of hydrogen-bond acceptors (Lipinski definition) is 8. The highest BCUT2D eigenvalue weighted by Crippen LogP contribution is 2.39. The Bertz CT molecular complexity index is 1270. The molecule has 13 heteroatoms. The second-order valence-electron chi connectivity index (χ2n) is 9.52. The van der Waals surface area contributed by atoms with Crippen LogP contribution in [-0.2, 0) is 14.8 Å². The zero-order valence-electron chi connectivity index (χ0n) is 21.6. The average molecular weight is 604 g/mol. The molecule has 4 atom stereocenters. The zero-order chi connectivity index (χ0) is 28.3. The monoisotopic (exact) mass is 602 g/mol. The lowest BCUT2D eigenvalue weighted by Gasteiger charge is -2.41. The first-order chi connectivity index (χ1) is 18.6. The van der Waals surface area contributed by atoms with Crippen molar-refractivity contribution in [3.63, 3.8) is 0 Å². The minimum atomic E-state index is -4.23. The van der Waals surface area contributed by atoms with Crippen molar-refractivity contribution in [3.8, 4) is 17.2 Å². The van der Waals surface area contributed by atoms with Crippen LogP contribution in [0.3, 0.4) is 0 Å². The highest BCUT2D eigenvalue weighted by atomic mass is 35.5. The normalized spacial score (nSPS) is 22.8. The molecular weight excluding hydrogens is 571 g/mol. The Hall–Kier alpha value is -2.28. The Morgan fingerprint density at radius 3 is 2.38 bits per heavy atom. The molecule has 0 saturated carbocycles. The molecule has 2 N–H and O–H groups in total. The number of sulfonamides is 1. The number of benzene rings is 2. The number of halogens is 2. The van der Waals surface area contributed by atoms with E-state index in [0.717, 1.165) is 0 Å². The fourth-order valence-corrected chi connectivity index (χ4v) is 7.96. The molecule has 1 amide bonds. The number of aliphatic hydroxyl groups excluding tert-OH is 2. The summed E-state index contributed by atoms with van der Waals surface area (Å²) < 4.78 is 45.4. The van der Waals surface area contributed by atoms with Gasteiger partial charge in [0.05, 0.1) is 38.4 Å². The Kier molecular flexibility index (Phi) is 9.51. The van der Waals surface area contributed by atoms with Gasteiger partial charge in [-0.3, -0.25) is 4.79 Å². The Balaban J connectivity index is 1.62. The maximum Gasteiger partial charge on any atom is 0.244 e. The van der Waals surface area contributed by atoms with Crippen molar-refractivity contribution in [2.75, 3.05) is 40.5 Å². The predicted octanol–water partition coefficient (Wildman–Crippen LogP) is 2.81. The predicted molar refractivity (Wildman–Crippen MR) is 145 cm³/mol. The molecule has 0 spiro atoms. The van der Waals surface area contributed by atoms with Crippen molar-refractivity contribution >= 4 is 39.1 Å². The van der Waals surface area contributed by atoms with Gasteiger partial charge in [-0.05, 0) is 49.6 Å². The van der Waals surface area contributed by atoms with Crippen molar-refractivity contribution in [3.05, 3.63) is 46.4 Å². The molecule has 2 fully saturated rings. The summed E-state index contributed by atoms with van der Waals surface area (Å²) in [6, 6.07) is 7.39. The van der Waals surface area contributed by atoms with E-state index in [1.807, 2.05) is 0 Å². The number of carbonyl (C=O) groups excluding carboxylic acids is 1. The average Bonchev–Trinajstić information content (AvgIpc) is 2.99. The van der Waals surface area contributed by atoms with Crippen LogP contribution in [0.5, 0.6) is 17.2 Å². The highest BCUT2D eigenvalue weighted by molar-refractivity contribution is 7.89. The van der Waals surface area contributed by atoms with Crippen LogP contribution in [0.25, 0.3) is 0 Å². The van der Waals surface area contributed by atoms with E-state index < -0.39 is 40.7 Å². The summed E-state index contributed by atoms with van der Waals surface area (Å²) in [5.41, 5.74) is 0. The van der Waals surface area contributed by atoms with Crippen LogP contribution < -0.4 is 14.2 Å². The first-order valence-corrected chi connectivity index (χ1v) is 14.7. The van der Waals surface area contributed by atoms with Crippen LogP contribution in [-0.4, -0.2) is 92.5 Å². The van der Waals surface area contributed by atoms with E-state index in [0.29, 0.717) is 36.5 Å². The number of amides is 1. The molecule has 0 aromatic heterocycles. The lowest BCUT2D eigenvalue weighted by atomic mass is 9.87. The van der Waals surface area contributed by atoms with Crippen molar-refractivity contribution in [1.82, 2.24) is 9.21 Å². The number of piperidine rings is 1. The third-order valence-electron chi connectivity index (χ3n) is 7.21. The first-order valence-electron chi connectivity index (χ1n) is 12.5. The van der Waals surface area contributed by atoms with Crippen molar-refractivity contribution in [1.29, 1.82) is 0 Å². The van der Waals surface area contributed by atoms with Crippen LogP contribution in [0.4, 0.5) is 0 Å². The number of aliphatic hydroxyl groups is 2. The molecule has 0 radical (unpaired) electrons. The SMILES string of the molecule is COc1ccc(OCCN2C[C@H]([C@H](O)CO)[C@H]3CCC[C@@H](C2=O)N3S(=O)(=O)c2cc(Cl)cc(Cl)c2)cc1OC. The number of hydrogen-bond donors (Lipinski definition) is 2. The smallest absolute Gasteiger partial charge is 0.244 e. The number of fused-ring (bicyclic) bond motifs is 2. The van der Waals surface area contributed by atoms with Gasteiger partial charge < -0.3 is 29.3 Å². The fourth-order valence-electron chi connectivity index (χ4n) is 5.36. The number of methoxy groups -OCH3 is 2. The third-order valence-corrected chi connectivity index (χ3v) is 9.56. The van der Waals surface area contributed by atoms with Crippen LogP contribution in [0, 0.1) is 5.92 Å². The van der Waals surface area contributed by atoms with E-state index >= 15 is 0 Å². The summed E-state index contributed by atoms with van der Waals surface area (Å²) in [5, 5.41) is 20.9. The summed E-state index contributed by atoms with van der Waals surface area (Å²) in [5.74, 6) is 0.419. The van der Waals surface area contributed by atoms with Gasteiger partial charge in [-0.1, -0.05) is 23.2 Å². The molecule has 0 unspecified atom stereocenters. The Morgan fingerprint density at radius 2 is 1.74 bits per heavy atom. The Morgan fingerprint density at radius 1 is 1.05 bits per heavy atom. The molecule has 2 bridgehead atoms. The lowest BCUT2D eigenvalue weighted by molar-refractivity contribution is -0.135. The van der Waals surface area contributed by atoms with Crippen molar-refractivity contribution < 1.29 is 37.6 Å². The van der Waals surface area contributed by atoms with E-state index in [1.54, 1.807) is 18.2 Å². The molecule has 2 aromatic rings. The number of rotatable bonds is 10. The van der Waals surface area contributed by atoms with Gasteiger partial charge in [0.25, 0.3) is 0 Å². The lowest BCUT2D eigenvalue weighted by Crippen LogP contribution is -2.56. The second-order valence-corrected chi connectivity index (χ2v) is 12.2. The van der Waals surface area contributed by atoms with E-state index in [1.165, 1.54) is 41.6 Å². The summed E-state index contributed by atoms with van der Waals surface area (Å²) >= 11 is 12.2. The van der Waals surface area contributed by atoms with Gasteiger partial charge in [-0.15, -0.1) is 0 Å². The molecule has 214 valence electrons. The molecule has 2 saturated heterocycles. The second kappa shape index (κ2) is 12.5. The quantitative estimate of drug-likeness (QED) is 0.425. The molecule has 2 aliphatic heterocycles. The van der Waals surface area contributed by atoms with Crippen molar-refractivity contribution in [2.45, 2.75) is 42.3 Å². The highest BCUT2D eigenvalue weighted by Gasteiger charge is 2.51. The Labute approximate surface area is 238 Å². The molecule has 2 aliphatic rings. The summed E-state index contributed by atoms with van der Waals surface area (Å²) in [4.78, 5) is 15.2. The minimum Gasteiger partial charge on any atom is -0.493 e. The summed E-state index contributed by atoms with van der Waals surface area (Å²) in [7, 11) is -1.19.